The van der Waals surface area contributed by atoms with Crippen molar-refractivity contribution in [2.75, 3.05) is 25.1 Å². The van der Waals surface area contributed by atoms with Crippen LogP contribution >= 0.6 is 24.0 Å². The zero-order valence-electron chi connectivity index (χ0n) is 18.5. The molecule has 3 aromatic carbocycles. The minimum absolute atomic E-state index is 0. The largest absolute Gasteiger partial charge is 0.497 e. The lowest BCUT2D eigenvalue weighted by molar-refractivity contribution is 0.414. The van der Waals surface area contributed by atoms with Gasteiger partial charge < -0.3 is 15.4 Å². The average molecular weight is 485 g/mol. The first kappa shape index (κ1) is 23.6. The third-order valence-corrected chi connectivity index (χ3v) is 6.85. The van der Waals surface area contributed by atoms with E-state index in [0.717, 1.165) is 65.9 Å². The molecule has 2 N–H and O–H groups in total. The van der Waals surface area contributed by atoms with Gasteiger partial charge in [-0.2, -0.15) is 0 Å². The van der Waals surface area contributed by atoms with Crippen molar-refractivity contribution < 1.29 is 9.13 Å². The molecule has 2 aliphatic rings. The van der Waals surface area contributed by atoms with E-state index in [1.54, 1.807) is 13.2 Å². The minimum Gasteiger partial charge on any atom is -0.497 e. The third-order valence-electron chi connectivity index (χ3n) is 6.53. The van der Waals surface area contributed by atoms with Crippen LogP contribution < -0.4 is 15.4 Å². The monoisotopic (exact) mass is 484 g/mol. The molecule has 3 nitrogen and oxygen atoms in total. The summed E-state index contributed by atoms with van der Waals surface area (Å²) in [5.41, 5.74) is 14.0. The first-order valence-electron chi connectivity index (χ1n) is 11.0. The molecule has 3 aromatic rings. The molecule has 172 valence electrons. The summed E-state index contributed by atoms with van der Waals surface area (Å²) in [4.78, 5) is 2.33. The predicted octanol–water partition coefficient (Wildman–Crippen LogP) is 6.35. The standard InChI is InChI=1S/C27H26ClFN2O.ClH/c1-32-22-9-4-17-5-10-24(23-11-6-19(29)14-26(23)28)27(25(17)15-22)18-2-7-21(8-3-18)31-13-12-20(30)16-31;/h2-4,6-9,11,14-15,20H,5,10,12-13,16,30H2,1H3;1H. The fourth-order valence-corrected chi connectivity index (χ4v) is 5.16. The van der Waals surface area contributed by atoms with Crippen molar-refractivity contribution in [3.05, 3.63) is 93.8 Å². The first-order valence-corrected chi connectivity index (χ1v) is 11.4. The molecular formula is C27H27Cl2FN2O. The van der Waals surface area contributed by atoms with E-state index in [4.69, 9.17) is 22.1 Å². The van der Waals surface area contributed by atoms with Gasteiger partial charge in [0.25, 0.3) is 0 Å². The van der Waals surface area contributed by atoms with Gasteiger partial charge in [0.2, 0.25) is 0 Å². The predicted molar refractivity (Wildman–Crippen MR) is 137 cm³/mol. The van der Waals surface area contributed by atoms with E-state index in [2.05, 4.69) is 41.3 Å². The molecule has 0 amide bonds. The lowest BCUT2D eigenvalue weighted by Crippen LogP contribution is -2.26. The Labute approximate surface area is 205 Å². The van der Waals surface area contributed by atoms with Gasteiger partial charge in [0.05, 0.1) is 12.1 Å². The van der Waals surface area contributed by atoms with Gasteiger partial charge in [-0.25, -0.2) is 4.39 Å². The molecule has 1 fully saturated rings. The highest BCUT2D eigenvalue weighted by atomic mass is 35.5. The molecule has 0 aromatic heterocycles. The van der Waals surface area contributed by atoms with Crippen LogP contribution in [0.25, 0.3) is 11.1 Å². The Hall–Kier alpha value is -2.53. The molecule has 1 heterocycles. The van der Waals surface area contributed by atoms with Crippen molar-refractivity contribution in [1.82, 2.24) is 0 Å². The van der Waals surface area contributed by atoms with Crippen molar-refractivity contribution >= 4 is 40.8 Å². The van der Waals surface area contributed by atoms with Crippen molar-refractivity contribution in [1.29, 1.82) is 0 Å². The number of benzene rings is 3. The normalized spacial score (nSPS) is 17.6. The summed E-state index contributed by atoms with van der Waals surface area (Å²) in [5, 5.41) is 0.437. The number of fused-ring (bicyclic) bond motifs is 1. The quantitative estimate of drug-likeness (QED) is 0.468. The van der Waals surface area contributed by atoms with Crippen LogP contribution in [0.1, 0.15) is 35.1 Å². The smallest absolute Gasteiger partial charge is 0.124 e. The summed E-state index contributed by atoms with van der Waals surface area (Å²) >= 11 is 6.51. The van der Waals surface area contributed by atoms with Gasteiger partial charge in [0.15, 0.2) is 0 Å². The van der Waals surface area contributed by atoms with E-state index in [1.165, 1.54) is 23.4 Å². The summed E-state index contributed by atoms with van der Waals surface area (Å²) in [7, 11) is 1.68. The van der Waals surface area contributed by atoms with Gasteiger partial charge in [-0.1, -0.05) is 35.9 Å². The maximum atomic E-state index is 13.8. The second-order valence-corrected chi connectivity index (χ2v) is 8.95. The molecule has 1 saturated heterocycles. The summed E-state index contributed by atoms with van der Waals surface area (Å²) < 4.78 is 19.3. The summed E-state index contributed by atoms with van der Waals surface area (Å²) in [6.45, 7) is 1.87. The Balaban J connectivity index is 0.00000259. The fourth-order valence-electron chi connectivity index (χ4n) is 4.87. The number of rotatable bonds is 4. The van der Waals surface area contributed by atoms with Gasteiger partial charge in [0.1, 0.15) is 11.6 Å². The number of ether oxygens (including phenoxy) is 1. The zero-order chi connectivity index (χ0) is 22.2. The van der Waals surface area contributed by atoms with Crippen molar-refractivity contribution in [3.8, 4) is 5.75 Å². The Kier molecular flexibility index (Phi) is 6.99. The number of halogens is 3. The lowest BCUT2D eigenvalue weighted by Gasteiger charge is -2.26. The highest BCUT2D eigenvalue weighted by molar-refractivity contribution is 6.32. The van der Waals surface area contributed by atoms with Crippen LogP contribution in [0.15, 0.2) is 60.7 Å². The van der Waals surface area contributed by atoms with E-state index in [9.17, 15) is 4.39 Å². The van der Waals surface area contributed by atoms with Crippen LogP contribution in [0.2, 0.25) is 5.02 Å². The summed E-state index contributed by atoms with van der Waals surface area (Å²) in [5.74, 6) is 0.488. The van der Waals surface area contributed by atoms with Gasteiger partial charge in [-0.15, -0.1) is 12.4 Å². The second-order valence-electron chi connectivity index (χ2n) is 8.54. The van der Waals surface area contributed by atoms with Crippen LogP contribution in [0.3, 0.4) is 0 Å². The molecule has 5 rings (SSSR count). The van der Waals surface area contributed by atoms with E-state index in [-0.39, 0.29) is 24.3 Å². The minimum atomic E-state index is -0.327. The van der Waals surface area contributed by atoms with E-state index in [1.807, 2.05) is 6.07 Å². The lowest BCUT2D eigenvalue weighted by atomic mass is 9.79. The number of anilines is 1. The number of hydrogen-bond acceptors (Lipinski definition) is 3. The van der Waals surface area contributed by atoms with Gasteiger partial charge >= 0.3 is 0 Å². The Morgan fingerprint density at radius 3 is 2.45 bits per heavy atom. The first-order chi connectivity index (χ1) is 15.5. The molecule has 0 radical (unpaired) electrons. The van der Waals surface area contributed by atoms with E-state index < -0.39 is 0 Å². The highest BCUT2D eigenvalue weighted by Crippen LogP contribution is 2.44. The maximum absolute atomic E-state index is 13.8. The Bertz CT molecular complexity index is 1190. The fraction of sp³-hybridized carbons (Fsp3) is 0.259. The van der Waals surface area contributed by atoms with Crippen LogP contribution in [-0.4, -0.2) is 26.2 Å². The molecule has 1 unspecified atom stereocenters. The number of nitrogens with zero attached hydrogens (tertiary/aromatic N) is 1. The Morgan fingerprint density at radius 1 is 1.00 bits per heavy atom. The molecule has 1 atom stereocenters. The maximum Gasteiger partial charge on any atom is 0.124 e. The topological polar surface area (TPSA) is 38.5 Å². The number of allylic oxidation sites excluding steroid dienone is 1. The van der Waals surface area contributed by atoms with Crippen LogP contribution in [0.5, 0.6) is 5.75 Å². The molecule has 1 aliphatic heterocycles. The van der Waals surface area contributed by atoms with Crippen LogP contribution in [-0.2, 0) is 6.42 Å². The van der Waals surface area contributed by atoms with Crippen molar-refractivity contribution in [3.63, 3.8) is 0 Å². The molecule has 0 spiro atoms. The SMILES string of the molecule is COc1ccc2c(c1)C(c1ccc(N3CCC(N)C3)cc1)=C(c1ccc(F)cc1Cl)CC2.Cl. The van der Waals surface area contributed by atoms with E-state index >= 15 is 0 Å². The van der Waals surface area contributed by atoms with Crippen molar-refractivity contribution in [2.24, 2.45) is 5.73 Å². The van der Waals surface area contributed by atoms with Gasteiger partial charge in [0, 0.05) is 24.8 Å². The molecular weight excluding hydrogens is 458 g/mol. The molecule has 0 saturated carbocycles. The van der Waals surface area contributed by atoms with Crippen LogP contribution in [0, 0.1) is 5.82 Å². The number of methoxy groups -OCH3 is 1. The summed E-state index contributed by atoms with van der Waals surface area (Å²) in [6, 6.07) is 19.8. The van der Waals surface area contributed by atoms with Crippen molar-refractivity contribution in [2.45, 2.75) is 25.3 Å². The highest BCUT2D eigenvalue weighted by Gasteiger charge is 2.24. The zero-order valence-corrected chi connectivity index (χ0v) is 20.1. The molecule has 33 heavy (non-hydrogen) atoms. The number of nitrogens with two attached hydrogens (primary N) is 1. The number of hydrogen-bond donors (Lipinski definition) is 1. The molecule has 1 aliphatic carbocycles. The van der Waals surface area contributed by atoms with Crippen LogP contribution in [0.4, 0.5) is 10.1 Å². The van der Waals surface area contributed by atoms with Gasteiger partial charge in [-0.3, -0.25) is 0 Å². The Morgan fingerprint density at radius 2 is 1.79 bits per heavy atom. The summed E-state index contributed by atoms with van der Waals surface area (Å²) in [6.07, 6.45) is 2.76. The second kappa shape index (κ2) is 9.76. The molecule has 0 bridgehead atoms. The molecule has 6 heteroatoms. The average Bonchev–Trinajstić information content (AvgIpc) is 3.24. The third kappa shape index (κ3) is 4.61. The number of aryl methyl sites for hydroxylation is 1. The van der Waals surface area contributed by atoms with Gasteiger partial charge in [-0.05, 0) is 89.1 Å². The van der Waals surface area contributed by atoms with E-state index in [0.29, 0.717) is 5.02 Å².